The zero-order valence-corrected chi connectivity index (χ0v) is 14.1. The lowest BCUT2D eigenvalue weighted by molar-refractivity contribution is -0.179. The highest BCUT2D eigenvalue weighted by Gasteiger charge is 2.41. The first-order chi connectivity index (χ1) is 11.7. The van der Waals surface area contributed by atoms with Gasteiger partial charge in [0.25, 0.3) is 0 Å². The van der Waals surface area contributed by atoms with Gasteiger partial charge in [0.1, 0.15) is 5.82 Å². The molecule has 2 rings (SSSR count). The lowest BCUT2D eigenvalue weighted by atomic mass is 9.96. The van der Waals surface area contributed by atoms with Gasteiger partial charge in [0, 0.05) is 27.1 Å². The summed E-state index contributed by atoms with van der Waals surface area (Å²) in [5, 5.41) is 4.98. The quantitative estimate of drug-likeness (QED) is 0.861. The van der Waals surface area contributed by atoms with Crippen LogP contribution in [0, 0.1) is 5.92 Å². The Balaban J connectivity index is 2.15. The van der Waals surface area contributed by atoms with Crippen LogP contribution in [0.5, 0.6) is 0 Å². The van der Waals surface area contributed by atoms with Crippen molar-refractivity contribution in [2.75, 3.05) is 25.0 Å². The molecule has 0 bridgehead atoms. The predicted octanol–water partition coefficient (Wildman–Crippen LogP) is 1.78. The van der Waals surface area contributed by atoms with Gasteiger partial charge in [-0.25, -0.2) is 4.98 Å². The zero-order valence-electron chi connectivity index (χ0n) is 14.1. The summed E-state index contributed by atoms with van der Waals surface area (Å²) in [6.45, 7) is 1.78. The van der Waals surface area contributed by atoms with Crippen LogP contribution in [-0.4, -0.2) is 43.1 Å². The van der Waals surface area contributed by atoms with Crippen molar-refractivity contribution in [2.24, 2.45) is 5.92 Å². The van der Waals surface area contributed by atoms with E-state index in [1.165, 1.54) is 14.0 Å². The molecule has 0 saturated carbocycles. The number of anilines is 1. The van der Waals surface area contributed by atoms with Gasteiger partial charge in [0.2, 0.25) is 11.8 Å². The molecule has 6 nitrogen and oxygen atoms in total. The number of carbonyl (C=O) groups is 2. The Morgan fingerprint density at radius 1 is 1.28 bits per heavy atom. The summed E-state index contributed by atoms with van der Waals surface area (Å²) < 4.78 is 38.3. The Hall–Kier alpha value is -2.32. The van der Waals surface area contributed by atoms with Gasteiger partial charge in [-0.05, 0) is 25.0 Å². The number of nitrogens with one attached hydrogen (secondary N) is 2. The number of likely N-dealkylation sites (N-methyl/N-ethyl adjacent to an activating group) is 1. The fourth-order valence-corrected chi connectivity index (χ4v) is 2.83. The molecule has 1 unspecified atom stereocenters. The number of nitrogens with zero attached hydrogens (tertiary/aromatic N) is 2. The minimum absolute atomic E-state index is 0.0139. The van der Waals surface area contributed by atoms with E-state index in [4.69, 9.17) is 0 Å². The van der Waals surface area contributed by atoms with E-state index in [1.54, 1.807) is 23.1 Å². The number of piperidine rings is 1. The third-order valence-electron chi connectivity index (χ3n) is 4.19. The molecule has 0 aliphatic carbocycles. The van der Waals surface area contributed by atoms with Crippen LogP contribution < -0.4 is 15.5 Å². The number of halogens is 3. The molecular formula is C16H21F3N4O2. The molecule has 1 atom stereocenters. The van der Waals surface area contributed by atoms with Crippen LogP contribution in [0.2, 0.25) is 0 Å². The van der Waals surface area contributed by atoms with Crippen molar-refractivity contribution in [3.05, 3.63) is 23.9 Å². The van der Waals surface area contributed by atoms with E-state index in [1.807, 2.05) is 0 Å². The summed E-state index contributed by atoms with van der Waals surface area (Å²) in [7, 11) is 1.45. The summed E-state index contributed by atoms with van der Waals surface area (Å²) in [5.41, 5.74) is 0.338. The molecule has 9 heteroatoms. The second kappa shape index (κ2) is 7.71. The predicted molar refractivity (Wildman–Crippen MR) is 85.9 cm³/mol. The van der Waals surface area contributed by atoms with Gasteiger partial charge in [-0.15, -0.1) is 0 Å². The molecule has 138 valence electrons. The third-order valence-corrected chi connectivity index (χ3v) is 4.19. The van der Waals surface area contributed by atoms with Crippen LogP contribution in [-0.2, 0) is 9.59 Å². The van der Waals surface area contributed by atoms with Crippen LogP contribution in [0.3, 0.4) is 0 Å². The molecule has 2 heterocycles. The van der Waals surface area contributed by atoms with Crippen molar-refractivity contribution in [2.45, 2.75) is 32.0 Å². The molecule has 1 fully saturated rings. The molecule has 2 N–H and O–H groups in total. The molecule has 25 heavy (non-hydrogen) atoms. The summed E-state index contributed by atoms with van der Waals surface area (Å²) >= 11 is 0. The van der Waals surface area contributed by atoms with E-state index in [2.05, 4.69) is 15.6 Å². The van der Waals surface area contributed by atoms with Gasteiger partial charge in [0.05, 0.1) is 11.6 Å². The van der Waals surface area contributed by atoms with Crippen molar-refractivity contribution in [3.8, 4) is 0 Å². The average molecular weight is 358 g/mol. The average Bonchev–Trinajstić information content (AvgIpc) is 2.58. The van der Waals surface area contributed by atoms with E-state index >= 15 is 0 Å². The maximum absolute atomic E-state index is 12.8. The fraction of sp³-hybridized carbons (Fsp3) is 0.562. The highest BCUT2D eigenvalue weighted by atomic mass is 19.4. The topological polar surface area (TPSA) is 74.3 Å². The van der Waals surface area contributed by atoms with Gasteiger partial charge in [-0.2, -0.15) is 13.2 Å². The Bertz CT molecular complexity index is 628. The van der Waals surface area contributed by atoms with E-state index in [-0.39, 0.29) is 31.8 Å². The second-order valence-corrected chi connectivity index (χ2v) is 5.97. The normalized spacial score (nSPS) is 17.1. The highest BCUT2D eigenvalue weighted by Crippen LogP contribution is 2.35. The molecule has 1 aromatic heterocycles. The van der Waals surface area contributed by atoms with E-state index in [0.717, 1.165) is 0 Å². The minimum atomic E-state index is -4.17. The van der Waals surface area contributed by atoms with Crippen LogP contribution in [0.25, 0.3) is 0 Å². The first-order valence-corrected chi connectivity index (χ1v) is 7.99. The lowest BCUT2D eigenvalue weighted by Gasteiger charge is -2.34. The number of pyridine rings is 1. The first kappa shape index (κ1) is 19.0. The second-order valence-electron chi connectivity index (χ2n) is 5.97. The molecule has 1 aliphatic heterocycles. The van der Waals surface area contributed by atoms with Crippen molar-refractivity contribution >= 4 is 17.6 Å². The number of carbonyl (C=O) groups excluding carboxylic acids is 2. The van der Waals surface area contributed by atoms with Crippen LogP contribution in [0.4, 0.5) is 19.0 Å². The van der Waals surface area contributed by atoms with Crippen molar-refractivity contribution < 1.29 is 22.8 Å². The first-order valence-electron chi connectivity index (χ1n) is 7.99. The number of hydrogen-bond donors (Lipinski definition) is 2. The van der Waals surface area contributed by atoms with E-state index in [9.17, 15) is 22.8 Å². The van der Waals surface area contributed by atoms with Crippen LogP contribution >= 0.6 is 0 Å². The van der Waals surface area contributed by atoms with Gasteiger partial charge in [-0.3, -0.25) is 9.59 Å². The summed E-state index contributed by atoms with van der Waals surface area (Å²) in [5.74, 6) is -1.59. The Kier molecular flexibility index (Phi) is 5.86. The molecule has 2 amide bonds. The van der Waals surface area contributed by atoms with Crippen molar-refractivity contribution in [1.82, 2.24) is 15.6 Å². The molecule has 0 radical (unpaired) electrons. The Morgan fingerprint density at radius 3 is 2.44 bits per heavy atom. The summed E-state index contributed by atoms with van der Waals surface area (Å²) in [6, 6.07) is 4.01. The number of alkyl halides is 3. The smallest absolute Gasteiger partial charge is 0.357 e. The molecule has 1 aliphatic rings. The monoisotopic (exact) mass is 358 g/mol. The van der Waals surface area contributed by atoms with Crippen molar-refractivity contribution in [3.63, 3.8) is 0 Å². The van der Waals surface area contributed by atoms with Crippen LogP contribution in [0.15, 0.2) is 18.2 Å². The van der Waals surface area contributed by atoms with E-state index in [0.29, 0.717) is 11.5 Å². The van der Waals surface area contributed by atoms with Gasteiger partial charge in [0.15, 0.2) is 6.04 Å². The Labute approximate surface area is 143 Å². The third kappa shape index (κ3) is 4.83. The highest BCUT2D eigenvalue weighted by molar-refractivity contribution is 5.87. The van der Waals surface area contributed by atoms with Gasteiger partial charge in [-0.1, -0.05) is 6.07 Å². The molecule has 0 aromatic carbocycles. The molecular weight excluding hydrogens is 337 g/mol. The molecule has 1 aromatic rings. The fourth-order valence-electron chi connectivity index (χ4n) is 2.83. The Morgan fingerprint density at radius 2 is 1.92 bits per heavy atom. The molecule has 0 spiro atoms. The van der Waals surface area contributed by atoms with E-state index < -0.39 is 24.0 Å². The van der Waals surface area contributed by atoms with Gasteiger partial charge < -0.3 is 15.5 Å². The zero-order chi connectivity index (χ0) is 18.6. The minimum Gasteiger partial charge on any atom is -0.357 e. The lowest BCUT2D eigenvalue weighted by Crippen LogP contribution is -2.40. The SMILES string of the molecule is CNC(=O)C(NC(C)=O)c1cccc(N2CCC(C(F)(F)F)CC2)n1. The number of hydrogen-bond acceptors (Lipinski definition) is 4. The number of rotatable bonds is 4. The summed E-state index contributed by atoms with van der Waals surface area (Å²) in [4.78, 5) is 29.5. The number of amides is 2. The van der Waals surface area contributed by atoms with Gasteiger partial charge >= 0.3 is 6.18 Å². The van der Waals surface area contributed by atoms with Crippen LogP contribution in [0.1, 0.15) is 31.5 Å². The largest absolute Gasteiger partial charge is 0.391 e. The summed E-state index contributed by atoms with van der Waals surface area (Å²) in [6.07, 6.45) is -4.14. The van der Waals surface area contributed by atoms with Crippen molar-refractivity contribution in [1.29, 1.82) is 0 Å². The standard InChI is InChI=1S/C16H21F3N4O2/c1-10(24)21-14(15(25)20-2)12-4-3-5-13(22-12)23-8-6-11(7-9-23)16(17,18)19/h3-5,11,14H,6-9H2,1-2H3,(H,20,25)(H,21,24). The molecule has 1 saturated heterocycles. The maximum Gasteiger partial charge on any atom is 0.391 e. The maximum atomic E-state index is 12.8. The number of aromatic nitrogens is 1.